The predicted molar refractivity (Wildman–Crippen MR) is 338 cm³/mol. The lowest BCUT2D eigenvalue weighted by Crippen LogP contribution is -2.68. The van der Waals surface area contributed by atoms with Gasteiger partial charge in [-0.15, -0.1) is 0 Å². The summed E-state index contributed by atoms with van der Waals surface area (Å²) in [6.07, 6.45) is -48.9. The summed E-state index contributed by atoms with van der Waals surface area (Å²) in [6, 6.07) is 7.34. The van der Waals surface area contributed by atoms with E-state index in [1.807, 2.05) is 0 Å². The van der Waals surface area contributed by atoms with E-state index >= 15 is 0 Å². The molecule has 0 aromatic heterocycles. The van der Waals surface area contributed by atoms with Crippen molar-refractivity contribution in [3.63, 3.8) is 0 Å². The van der Waals surface area contributed by atoms with Gasteiger partial charge in [0.1, 0.15) is 158 Å². The summed E-state index contributed by atoms with van der Waals surface area (Å²) in [4.78, 5) is 63.0. The summed E-state index contributed by atoms with van der Waals surface area (Å²) < 4.78 is 79.8. The maximum absolute atomic E-state index is 13.0. The molecule has 0 saturated carbocycles. The fraction of sp³-hybridized carbons (Fsp3) is 0.730. The molecule has 23 N–H and O–H groups in total. The maximum Gasteiger partial charge on any atom is 0.335 e. The van der Waals surface area contributed by atoms with Crippen molar-refractivity contribution in [1.29, 1.82) is 0 Å². The molecule has 105 heavy (non-hydrogen) atoms. The number of aromatic carboxylic acids is 1. The molecule has 30 atom stereocenters. The Balaban J connectivity index is 0.774. The fourth-order valence-corrected chi connectivity index (χ4v) is 12.3. The first-order valence-corrected chi connectivity index (χ1v) is 33.5. The molecule has 6 aliphatic heterocycles. The number of carboxylic acid groups (broad SMARTS) is 1. The molecule has 0 radical (unpaired) electrons. The summed E-state index contributed by atoms with van der Waals surface area (Å²) in [7, 11) is 0. The van der Waals surface area contributed by atoms with E-state index in [-0.39, 0.29) is 56.2 Å². The highest BCUT2D eigenvalue weighted by atomic mass is 16.8. The van der Waals surface area contributed by atoms with Crippen LogP contribution in [0.2, 0.25) is 0 Å². The normalized spacial score (nSPS) is 37.9. The monoisotopic (exact) mass is 1510 g/mol. The van der Waals surface area contributed by atoms with Crippen molar-refractivity contribution in [2.45, 2.75) is 211 Å². The second-order valence-corrected chi connectivity index (χ2v) is 25.4. The predicted octanol–water partition coefficient (Wildman–Crippen LogP) is -12.0. The number of carbonyl (C=O) groups excluding carboxylic acids is 4. The summed E-state index contributed by atoms with van der Waals surface area (Å²) in [6.45, 7) is -4.52. The minimum absolute atomic E-state index is 0.00991. The zero-order valence-corrected chi connectivity index (χ0v) is 56.5. The maximum atomic E-state index is 13.0. The van der Waals surface area contributed by atoms with Gasteiger partial charge in [0.05, 0.1) is 58.4 Å². The fourth-order valence-electron chi connectivity index (χ4n) is 12.3. The molecule has 0 unspecified atom stereocenters. The van der Waals surface area contributed by atoms with Crippen LogP contribution in [0.5, 0.6) is 11.5 Å². The molecular formula is C63H94N4O38. The number of rotatable bonds is 34. The molecule has 42 nitrogen and oxygen atoms in total. The SMILES string of the molecule is CC(=O)N[C@H]1[C@H](OCCCNC(=O)COc2cccc(-c3cc(OCC(=O)NCCCO[C@@H]4O[C@H](CO)[C@@H](O[C@@H]5O[C@H](CO)[C@H](O)[C@H](O[C@H]6O[C@H](CO)[C@H](O)[C@H](O)[C@H]6O)[C@H]5O)[C@H](O)[C@H]4NC(C)=O)cc(C(=O)O)c3)c2)O[C@H](CO)[C@@H](O[C@@H]2O[C@H](CO)[C@H](O)[C@H](O[C@H]3O[C@H](CO)[C@H](O)[C@H](O)[C@H]3O)[C@H]2O)[C@@H]1O. The van der Waals surface area contributed by atoms with Crippen LogP contribution < -0.4 is 30.7 Å². The van der Waals surface area contributed by atoms with Gasteiger partial charge in [-0.2, -0.15) is 0 Å². The highest BCUT2D eigenvalue weighted by Crippen LogP contribution is 2.37. The van der Waals surface area contributed by atoms with Crippen LogP contribution in [-0.4, -0.2) is 390 Å². The minimum atomic E-state index is -2.04. The number of benzene rings is 2. The third kappa shape index (κ3) is 21.4. The molecule has 594 valence electrons. The number of carboxylic acids is 1. The molecule has 2 aromatic carbocycles. The smallest absolute Gasteiger partial charge is 0.335 e. The van der Waals surface area contributed by atoms with Crippen LogP contribution in [0.15, 0.2) is 42.5 Å². The van der Waals surface area contributed by atoms with Gasteiger partial charge in [-0.25, -0.2) is 4.79 Å². The highest BCUT2D eigenvalue weighted by Gasteiger charge is 2.57. The van der Waals surface area contributed by atoms with E-state index in [0.717, 1.165) is 13.8 Å². The molecule has 8 rings (SSSR count). The number of amides is 4. The molecule has 42 heteroatoms. The van der Waals surface area contributed by atoms with Crippen LogP contribution in [0.4, 0.5) is 0 Å². The number of aliphatic hydroxyl groups excluding tert-OH is 18. The third-order valence-electron chi connectivity index (χ3n) is 17.9. The van der Waals surface area contributed by atoms with E-state index in [2.05, 4.69) is 21.3 Å². The van der Waals surface area contributed by atoms with Crippen molar-refractivity contribution in [3.05, 3.63) is 48.0 Å². The average Bonchev–Trinajstić information content (AvgIpc) is 0.705. The molecular weight excluding hydrogens is 1420 g/mol. The second kappa shape index (κ2) is 39.5. The van der Waals surface area contributed by atoms with Gasteiger partial charge in [0.25, 0.3) is 11.8 Å². The van der Waals surface area contributed by atoms with Crippen LogP contribution in [0.1, 0.15) is 37.0 Å². The standard InChI is InChI=1S/C63H94N4O38/c1-24(74)66-39-45(82)53(102-62-51(88)55(43(80)33(18-70)98-62)104-60-49(86)47(84)41(78)31(16-68)96-60)35(20-72)100-58(39)92-10-4-8-64-37(76)22-94-29-7-3-6-26(13-29)27-12-28(57(90)91)15-30(14-27)95-23-38(77)65-9-5-11-93-59-40(67-25(2)75)46(83)54(36(21-73)101-59)103-63-52(89)56(44(81)34(19-71)99-63)105-61-50(87)48(85)42(79)32(17-69)97-61/h3,6-7,12-15,31-36,39-56,58-63,68-73,78-89H,4-5,8-11,16-23H2,1-2H3,(H,64,76)(H,65,77)(H,66,74)(H,67,75)(H,90,91)/t31-,32-,33-,34-,35-,36-,39-,40-,41+,42+,43+,44+,45-,46-,47+,48+,49-,50-,51-,52-,53-,54-,55+,56+,58-,59-,60-,61-,62+,63+/m1/s1. The number of aliphatic hydroxyl groups is 18. The molecule has 0 bridgehead atoms. The number of hydrogen-bond acceptors (Lipinski definition) is 37. The van der Waals surface area contributed by atoms with Gasteiger partial charge in [0, 0.05) is 26.9 Å². The zero-order chi connectivity index (χ0) is 76.7. The summed E-state index contributed by atoms with van der Waals surface area (Å²) >= 11 is 0. The van der Waals surface area contributed by atoms with E-state index < -0.39 is 267 Å². The van der Waals surface area contributed by atoms with Gasteiger partial charge in [-0.1, -0.05) is 12.1 Å². The molecule has 0 aliphatic carbocycles. The molecule has 6 fully saturated rings. The van der Waals surface area contributed by atoms with Crippen molar-refractivity contribution in [2.24, 2.45) is 0 Å². The molecule has 0 spiro atoms. The first-order chi connectivity index (χ1) is 50.1. The minimum Gasteiger partial charge on any atom is -0.484 e. The van der Waals surface area contributed by atoms with Crippen LogP contribution in [0, 0.1) is 0 Å². The molecule has 4 amide bonds. The Morgan fingerprint density at radius 1 is 0.390 bits per heavy atom. The molecule has 6 saturated heterocycles. The lowest BCUT2D eigenvalue weighted by molar-refractivity contribution is -0.376. The first kappa shape index (κ1) is 84.8. The van der Waals surface area contributed by atoms with Gasteiger partial charge in [-0.05, 0) is 54.3 Å². The summed E-state index contributed by atoms with van der Waals surface area (Å²) in [5.41, 5.74) is 0.499. The second-order valence-electron chi connectivity index (χ2n) is 25.4. The lowest BCUT2D eigenvalue weighted by atomic mass is 9.95. The van der Waals surface area contributed by atoms with Gasteiger partial charge < -0.3 is 185 Å². The van der Waals surface area contributed by atoms with Gasteiger partial charge in [-0.3, -0.25) is 19.2 Å². The number of carbonyl (C=O) groups is 5. The topological polar surface area (TPSA) is 647 Å². The van der Waals surface area contributed by atoms with Gasteiger partial charge in [0.2, 0.25) is 11.8 Å². The zero-order valence-electron chi connectivity index (χ0n) is 56.5. The van der Waals surface area contributed by atoms with Crippen LogP contribution in [0.25, 0.3) is 11.1 Å². The Bertz CT molecular complexity index is 3090. The van der Waals surface area contributed by atoms with Crippen LogP contribution in [-0.2, 0) is 76.0 Å². The number of ether oxygens (including phenoxy) is 14. The Morgan fingerprint density at radius 2 is 0.752 bits per heavy atom. The van der Waals surface area contributed by atoms with E-state index in [9.17, 15) is 121 Å². The van der Waals surface area contributed by atoms with Crippen molar-refractivity contribution >= 4 is 29.6 Å². The van der Waals surface area contributed by atoms with Crippen molar-refractivity contribution in [1.82, 2.24) is 21.3 Å². The highest BCUT2D eigenvalue weighted by molar-refractivity contribution is 5.90. The van der Waals surface area contributed by atoms with Crippen molar-refractivity contribution < 1.29 is 187 Å². The Morgan fingerprint density at radius 3 is 1.14 bits per heavy atom. The molecule has 6 aliphatic rings. The van der Waals surface area contributed by atoms with Crippen LogP contribution in [0.3, 0.4) is 0 Å². The van der Waals surface area contributed by atoms with E-state index in [1.165, 1.54) is 30.3 Å². The first-order valence-electron chi connectivity index (χ1n) is 33.5. The average molecular weight is 1520 g/mol. The van der Waals surface area contributed by atoms with E-state index in [4.69, 9.17) is 66.3 Å². The molecule has 6 heterocycles. The Hall–Kier alpha value is -5.81. The van der Waals surface area contributed by atoms with Gasteiger partial charge in [0.15, 0.2) is 51.0 Å². The number of nitrogens with one attached hydrogen (secondary N) is 4. The van der Waals surface area contributed by atoms with Crippen molar-refractivity contribution in [2.75, 3.05) is 79.2 Å². The van der Waals surface area contributed by atoms with E-state index in [1.54, 1.807) is 12.1 Å². The lowest BCUT2D eigenvalue weighted by Gasteiger charge is -2.48. The molecule has 2 aromatic rings. The van der Waals surface area contributed by atoms with Crippen LogP contribution >= 0.6 is 0 Å². The van der Waals surface area contributed by atoms with E-state index in [0.29, 0.717) is 11.1 Å². The summed E-state index contributed by atoms with van der Waals surface area (Å²) in [5.74, 6) is -3.79. The Kier molecular flexibility index (Phi) is 31.9. The van der Waals surface area contributed by atoms with Crippen molar-refractivity contribution in [3.8, 4) is 22.6 Å². The Labute approximate surface area is 597 Å². The quantitative estimate of drug-likeness (QED) is 0.0289. The summed E-state index contributed by atoms with van der Waals surface area (Å²) in [5, 5.41) is 210. The largest absolute Gasteiger partial charge is 0.484 e. The number of hydrogen-bond donors (Lipinski definition) is 23. The third-order valence-corrected chi connectivity index (χ3v) is 17.9. The van der Waals surface area contributed by atoms with Gasteiger partial charge >= 0.3 is 5.97 Å².